The second-order valence-corrected chi connectivity index (χ2v) is 5.97. The standard InChI is InChI=1S/C17H29NO2/c1-7-16(14-8-10-15(19-5)11-9-14)18-13(2)12-17(3,4)20-6/h8-11,13,16,18H,7,12H2,1-6H3/t13-,16+/m1/s1. The molecule has 0 aliphatic carbocycles. The third-order valence-corrected chi connectivity index (χ3v) is 3.76. The zero-order valence-corrected chi connectivity index (χ0v) is 13.7. The Morgan fingerprint density at radius 2 is 1.75 bits per heavy atom. The quantitative estimate of drug-likeness (QED) is 0.782. The highest BCUT2D eigenvalue weighted by molar-refractivity contribution is 5.29. The van der Waals surface area contributed by atoms with Gasteiger partial charge >= 0.3 is 0 Å². The minimum absolute atomic E-state index is 0.0926. The summed E-state index contributed by atoms with van der Waals surface area (Å²) in [6.07, 6.45) is 2.04. The molecule has 1 aromatic carbocycles. The lowest BCUT2D eigenvalue weighted by Gasteiger charge is -2.30. The maximum Gasteiger partial charge on any atom is 0.118 e. The summed E-state index contributed by atoms with van der Waals surface area (Å²) >= 11 is 0. The summed E-state index contributed by atoms with van der Waals surface area (Å²) in [6, 6.07) is 9.07. The molecule has 1 aromatic rings. The Balaban J connectivity index is 2.66. The minimum atomic E-state index is -0.0926. The number of nitrogens with one attached hydrogen (secondary N) is 1. The van der Waals surface area contributed by atoms with E-state index in [1.165, 1.54) is 5.56 Å². The van der Waals surface area contributed by atoms with Crippen LogP contribution >= 0.6 is 0 Å². The van der Waals surface area contributed by atoms with E-state index < -0.39 is 0 Å². The first-order valence-corrected chi connectivity index (χ1v) is 7.37. The molecule has 0 saturated carbocycles. The predicted octanol–water partition coefficient (Wildman–Crippen LogP) is 3.94. The fourth-order valence-electron chi connectivity index (χ4n) is 2.51. The van der Waals surface area contributed by atoms with Crippen LogP contribution in [0.25, 0.3) is 0 Å². The van der Waals surface area contributed by atoms with Gasteiger partial charge in [0.25, 0.3) is 0 Å². The topological polar surface area (TPSA) is 30.5 Å². The fourth-order valence-corrected chi connectivity index (χ4v) is 2.51. The van der Waals surface area contributed by atoms with Gasteiger partial charge in [-0.2, -0.15) is 0 Å². The molecular formula is C17H29NO2. The highest BCUT2D eigenvalue weighted by Gasteiger charge is 2.22. The molecule has 0 amide bonds. The molecule has 20 heavy (non-hydrogen) atoms. The van der Waals surface area contributed by atoms with Gasteiger partial charge in [-0.25, -0.2) is 0 Å². The zero-order chi connectivity index (χ0) is 15.2. The second kappa shape index (κ2) is 7.65. The lowest BCUT2D eigenvalue weighted by Crippen LogP contribution is -2.37. The van der Waals surface area contributed by atoms with E-state index in [4.69, 9.17) is 9.47 Å². The van der Waals surface area contributed by atoms with Crippen molar-refractivity contribution in [2.24, 2.45) is 0 Å². The summed E-state index contributed by atoms with van der Waals surface area (Å²) in [5.41, 5.74) is 1.21. The molecule has 3 nitrogen and oxygen atoms in total. The van der Waals surface area contributed by atoms with E-state index in [1.807, 2.05) is 12.1 Å². The maximum atomic E-state index is 5.50. The number of benzene rings is 1. The average Bonchev–Trinajstić information content (AvgIpc) is 2.44. The molecule has 2 atom stereocenters. The van der Waals surface area contributed by atoms with Gasteiger partial charge in [0.15, 0.2) is 0 Å². The van der Waals surface area contributed by atoms with Crippen molar-refractivity contribution >= 4 is 0 Å². The van der Waals surface area contributed by atoms with Crippen LogP contribution in [0.4, 0.5) is 0 Å². The monoisotopic (exact) mass is 279 g/mol. The Kier molecular flexibility index (Phi) is 6.50. The van der Waals surface area contributed by atoms with Crippen LogP contribution < -0.4 is 10.1 Å². The Labute approximate surface area is 123 Å². The lowest BCUT2D eigenvalue weighted by molar-refractivity contribution is 0.00760. The van der Waals surface area contributed by atoms with Gasteiger partial charge in [0.1, 0.15) is 5.75 Å². The van der Waals surface area contributed by atoms with Crippen molar-refractivity contribution in [3.63, 3.8) is 0 Å². The fraction of sp³-hybridized carbons (Fsp3) is 0.647. The molecule has 0 fully saturated rings. The molecule has 0 heterocycles. The average molecular weight is 279 g/mol. The molecular weight excluding hydrogens is 250 g/mol. The van der Waals surface area contributed by atoms with Gasteiger partial charge in [0, 0.05) is 19.2 Å². The third-order valence-electron chi connectivity index (χ3n) is 3.76. The normalized spacial score (nSPS) is 14.9. The molecule has 1 rings (SSSR count). The van der Waals surface area contributed by atoms with Crippen molar-refractivity contribution in [1.82, 2.24) is 5.32 Å². The minimum Gasteiger partial charge on any atom is -0.497 e. The van der Waals surface area contributed by atoms with Crippen LogP contribution in [0.3, 0.4) is 0 Å². The zero-order valence-electron chi connectivity index (χ0n) is 13.7. The van der Waals surface area contributed by atoms with Crippen LogP contribution in [-0.4, -0.2) is 25.9 Å². The van der Waals surface area contributed by atoms with E-state index in [0.717, 1.165) is 18.6 Å². The summed E-state index contributed by atoms with van der Waals surface area (Å²) in [5, 5.41) is 3.69. The van der Waals surface area contributed by atoms with Crippen molar-refractivity contribution in [2.45, 2.75) is 58.2 Å². The number of ether oxygens (including phenoxy) is 2. The molecule has 0 radical (unpaired) electrons. The summed E-state index contributed by atoms with van der Waals surface area (Å²) in [7, 11) is 3.47. The summed E-state index contributed by atoms with van der Waals surface area (Å²) in [5.74, 6) is 0.900. The first-order valence-electron chi connectivity index (χ1n) is 7.37. The van der Waals surface area contributed by atoms with Gasteiger partial charge in [0.2, 0.25) is 0 Å². The van der Waals surface area contributed by atoms with Crippen LogP contribution in [0.1, 0.15) is 52.1 Å². The molecule has 0 unspecified atom stereocenters. The van der Waals surface area contributed by atoms with Crippen LogP contribution in [0.2, 0.25) is 0 Å². The smallest absolute Gasteiger partial charge is 0.118 e. The van der Waals surface area contributed by atoms with Gasteiger partial charge in [-0.05, 0) is 51.3 Å². The van der Waals surface area contributed by atoms with Crippen molar-refractivity contribution in [3.8, 4) is 5.75 Å². The van der Waals surface area contributed by atoms with Crippen molar-refractivity contribution in [1.29, 1.82) is 0 Å². The maximum absolute atomic E-state index is 5.50. The van der Waals surface area contributed by atoms with E-state index in [0.29, 0.717) is 12.1 Å². The first kappa shape index (κ1) is 17.0. The number of rotatable bonds is 8. The third kappa shape index (κ3) is 5.14. The van der Waals surface area contributed by atoms with Gasteiger partial charge < -0.3 is 14.8 Å². The van der Waals surface area contributed by atoms with E-state index in [2.05, 4.69) is 45.1 Å². The Hall–Kier alpha value is -1.06. The van der Waals surface area contributed by atoms with Crippen LogP contribution in [0.5, 0.6) is 5.75 Å². The Bertz CT molecular complexity index is 386. The molecule has 0 aliphatic rings. The van der Waals surface area contributed by atoms with Crippen molar-refractivity contribution < 1.29 is 9.47 Å². The van der Waals surface area contributed by atoms with Gasteiger partial charge in [0.05, 0.1) is 12.7 Å². The second-order valence-electron chi connectivity index (χ2n) is 5.97. The van der Waals surface area contributed by atoms with E-state index in [-0.39, 0.29) is 5.60 Å². The molecule has 3 heteroatoms. The van der Waals surface area contributed by atoms with Crippen LogP contribution in [0, 0.1) is 0 Å². The van der Waals surface area contributed by atoms with Crippen molar-refractivity contribution in [2.75, 3.05) is 14.2 Å². The van der Waals surface area contributed by atoms with E-state index in [9.17, 15) is 0 Å². The molecule has 1 N–H and O–H groups in total. The summed E-state index contributed by atoms with van der Waals surface area (Å²) in [6.45, 7) is 8.67. The van der Waals surface area contributed by atoms with E-state index in [1.54, 1.807) is 14.2 Å². The number of hydrogen-bond donors (Lipinski definition) is 1. The number of hydrogen-bond acceptors (Lipinski definition) is 3. The lowest BCUT2D eigenvalue weighted by atomic mass is 9.97. The molecule has 114 valence electrons. The SMILES string of the molecule is CC[C@H](N[C@H](C)CC(C)(C)OC)c1ccc(OC)cc1. The molecule has 0 aliphatic heterocycles. The van der Waals surface area contributed by atoms with Gasteiger partial charge in [-0.1, -0.05) is 19.1 Å². The number of methoxy groups -OCH3 is 2. The largest absolute Gasteiger partial charge is 0.497 e. The van der Waals surface area contributed by atoms with Crippen LogP contribution in [0.15, 0.2) is 24.3 Å². The first-order chi connectivity index (χ1) is 9.41. The predicted molar refractivity (Wildman–Crippen MR) is 84.3 cm³/mol. The molecule has 0 spiro atoms. The molecule has 0 bridgehead atoms. The van der Waals surface area contributed by atoms with Crippen molar-refractivity contribution in [3.05, 3.63) is 29.8 Å². The summed E-state index contributed by atoms with van der Waals surface area (Å²) < 4.78 is 10.7. The van der Waals surface area contributed by atoms with Crippen LogP contribution in [-0.2, 0) is 4.74 Å². The Morgan fingerprint density at radius 3 is 2.20 bits per heavy atom. The molecule has 0 aromatic heterocycles. The highest BCUT2D eigenvalue weighted by Crippen LogP contribution is 2.23. The Morgan fingerprint density at radius 1 is 1.15 bits per heavy atom. The molecule has 0 saturated heterocycles. The van der Waals surface area contributed by atoms with Gasteiger partial charge in [-0.3, -0.25) is 0 Å². The van der Waals surface area contributed by atoms with Gasteiger partial charge in [-0.15, -0.1) is 0 Å². The van der Waals surface area contributed by atoms with E-state index >= 15 is 0 Å². The summed E-state index contributed by atoms with van der Waals surface area (Å²) in [4.78, 5) is 0. The highest BCUT2D eigenvalue weighted by atomic mass is 16.5.